The number of Topliss-reactive ketones (excluding diaryl/α,β-unsaturated/α-hetero) is 2. The molecule has 0 radical (unpaired) electrons. The molecule has 0 bridgehead atoms. The summed E-state index contributed by atoms with van der Waals surface area (Å²) in [6.45, 7) is 3.21. The number of hydrogen-bond donors (Lipinski definition) is 0. The minimum Gasteiger partial charge on any atom is -0.465 e. The Hall–Kier alpha value is -2.32. The molecule has 0 unspecified atom stereocenters. The summed E-state index contributed by atoms with van der Waals surface area (Å²) in [5.41, 5.74) is -1.26. The number of rotatable bonds is 10. The summed E-state index contributed by atoms with van der Waals surface area (Å²) in [5.74, 6) is -2.68. The van der Waals surface area contributed by atoms with Crippen molar-refractivity contribution in [1.82, 2.24) is 0 Å². The minimum atomic E-state index is -2.01. The second-order valence-corrected chi connectivity index (χ2v) is 7.31. The van der Waals surface area contributed by atoms with Gasteiger partial charge in [0.25, 0.3) is 0 Å². The molecule has 27 heavy (non-hydrogen) atoms. The van der Waals surface area contributed by atoms with Gasteiger partial charge in [-0.3, -0.25) is 19.2 Å². The third-order valence-corrected chi connectivity index (χ3v) is 5.31. The highest BCUT2D eigenvalue weighted by atomic mass is 32.1. The highest BCUT2D eigenvalue weighted by Gasteiger charge is 2.52. The van der Waals surface area contributed by atoms with Gasteiger partial charge >= 0.3 is 11.9 Å². The van der Waals surface area contributed by atoms with Crippen LogP contribution in [0.25, 0.3) is 0 Å². The molecule has 0 aliphatic rings. The average Bonchev–Trinajstić information content (AvgIpc) is 3.34. The maximum Gasteiger partial charge on any atom is 0.324 e. The monoisotopic (exact) mass is 408 g/mol. The summed E-state index contributed by atoms with van der Waals surface area (Å²) < 4.78 is 10.1. The van der Waals surface area contributed by atoms with Crippen LogP contribution in [-0.4, -0.2) is 36.7 Å². The predicted octanol–water partition coefficient (Wildman–Crippen LogP) is 3.77. The number of ether oxygens (including phenoxy) is 2. The summed E-state index contributed by atoms with van der Waals surface area (Å²) in [7, 11) is 0. The van der Waals surface area contributed by atoms with Crippen molar-refractivity contribution in [3.63, 3.8) is 0 Å². The van der Waals surface area contributed by atoms with E-state index in [2.05, 4.69) is 0 Å². The second kappa shape index (κ2) is 9.57. The first kappa shape index (κ1) is 21.0. The van der Waals surface area contributed by atoms with Crippen LogP contribution in [0.5, 0.6) is 0 Å². The van der Waals surface area contributed by atoms with E-state index in [4.69, 9.17) is 9.47 Å². The highest BCUT2D eigenvalue weighted by molar-refractivity contribution is 7.08. The zero-order valence-corrected chi connectivity index (χ0v) is 16.7. The van der Waals surface area contributed by atoms with Gasteiger partial charge in [0, 0.05) is 34.7 Å². The smallest absolute Gasteiger partial charge is 0.324 e. The van der Waals surface area contributed by atoms with Crippen molar-refractivity contribution >= 4 is 46.2 Å². The predicted molar refractivity (Wildman–Crippen MR) is 102 cm³/mol. The van der Waals surface area contributed by atoms with Crippen LogP contribution in [-0.2, 0) is 19.1 Å². The molecular weight excluding hydrogens is 388 g/mol. The van der Waals surface area contributed by atoms with Gasteiger partial charge in [-0.05, 0) is 36.7 Å². The first-order valence-corrected chi connectivity index (χ1v) is 10.3. The minimum absolute atomic E-state index is 0.0132. The molecule has 0 saturated heterocycles. The fourth-order valence-corrected chi connectivity index (χ4v) is 3.89. The van der Waals surface area contributed by atoms with E-state index < -0.39 is 41.8 Å². The van der Waals surface area contributed by atoms with Crippen molar-refractivity contribution in [2.24, 2.45) is 5.41 Å². The van der Waals surface area contributed by atoms with E-state index in [9.17, 15) is 19.2 Å². The number of hydrogen-bond acceptors (Lipinski definition) is 8. The molecule has 8 heteroatoms. The van der Waals surface area contributed by atoms with E-state index in [0.717, 1.165) is 0 Å². The van der Waals surface area contributed by atoms with Gasteiger partial charge in [0.1, 0.15) is 0 Å². The molecule has 0 aliphatic heterocycles. The summed E-state index contributed by atoms with van der Waals surface area (Å²) in [4.78, 5) is 50.9. The van der Waals surface area contributed by atoms with Crippen LogP contribution in [0, 0.1) is 5.41 Å². The molecular formula is C19H20O6S2. The Kier molecular flexibility index (Phi) is 7.44. The molecule has 0 saturated carbocycles. The number of ketones is 2. The Balaban J connectivity index is 2.43. The lowest BCUT2D eigenvalue weighted by molar-refractivity contribution is -0.171. The fourth-order valence-electron chi connectivity index (χ4n) is 2.57. The number of esters is 2. The number of thiophene rings is 2. The van der Waals surface area contributed by atoms with Crippen molar-refractivity contribution in [2.45, 2.75) is 26.7 Å². The first-order chi connectivity index (χ1) is 12.9. The Morgan fingerprint density at radius 2 is 1.22 bits per heavy atom. The molecule has 144 valence electrons. The largest absolute Gasteiger partial charge is 0.465 e. The zero-order chi connectivity index (χ0) is 19.9. The second-order valence-electron chi connectivity index (χ2n) is 5.75. The van der Waals surface area contributed by atoms with Crippen LogP contribution in [0.3, 0.4) is 0 Å². The topological polar surface area (TPSA) is 86.7 Å². The summed E-state index contributed by atoms with van der Waals surface area (Å²) in [6, 6.07) is 3.21. The van der Waals surface area contributed by atoms with Gasteiger partial charge in [-0.2, -0.15) is 22.7 Å². The van der Waals surface area contributed by atoms with E-state index in [-0.39, 0.29) is 13.2 Å². The first-order valence-electron chi connectivity index (χ1n) is 8.39. The Bertz CT molecular complexity index is 724. The zero-order valence-electron chi connectivity index (χ0n) is 15.1. The van der Waals surface area contributed by atoms with Crippen molar-refractivity contribution in [3.8, 4) is 0 Å². The molecule has 0 atom stereocenters. The molecule has 0 aliphatic carbocycles. The van der Waals surface area contributed by atoms with Crippen molar-refractivity contribution < 1.29 is 28.7 Å². The maximum absolute atomic E-state index is 12.8. The number of carbonyl (C=O) groups excluding carboxylic acids is 4. The van der Waals surface area contributed by atoms with E-state index in [1.54, 1.807) is 47.5 Å². The quantitative estimate of drug-likeness (QED) is 0.338. The van der Waals surface area contributed by atoms with Crippen LogP contribution < -0.4 is 0 Å². The van der Waals surface area contributed by atoms with Gasteiger partial charge in [0.15, 0.2) is 17.0 Å². The molecule has 0 N–H and O–H groups in total. The van der Waals surface area contributed by atoms with Crippen LogP contribution >= 0.6 is 22.7 Å². The standard InChI is InChI=1S/C19H20O6S2/c1-3-24-17(22)19(18(23)25-4-2,9-15(20)13-5-7-26-11-13)10-16(21)14-6-8-27-12-14/h5-8,11-12H,3-4,9-10H2,1-2H3. The maximum atomic E-state index is 12.8. The SMILES string of the molecule is CCOC(=O)C(CC(=O)c1ccsc1)(CC(=O)c1ccsc1)C(=O)OCC. The van der Waals surface area contributed by atoms with Gasteiger partial charge in [0.05, 0.1) is 13.2 Å². The third kappa shape index (κ3) is 4.90. The summed E-state index contributed by atoms with van der Waals surface area (Å²) >= 11 is 2.65. The Morgan fingerprint density at radius 3 is 1.52 bits per heavy atom. The van der Waals surface area contributed by atoms with Gasteiger partial charge in [0.2, 0.25) is 0 Å². The molecule has 2 aromatic heterocycles. The Labute approximate surface area is 165 Å². The summed E-state index contributed by atoms with van der Waals surface area (Å²) in [6.07, 6.45) is -0.978. The van der Waals surface area contributed by atoms with Crippen LogP contribution in [0.4, 0.5) is 0 Å². The molecule has 2 heterocycles. The van der Waals surface area contributed by atoms with Gasteiger partial charge in [-0.1, -0.05) is 0 Å². The average molecular weight is 408 g/mol. The highest BCUT2D eigenvalue weighted by Crippen LogP contribution is 2.34. The number of carbonyl (C=O) groups is 4. The normalized spacial score (nSPS) is 11.0. The molecule has 2 rings (SSSR count). The third-order valence-electron chi connectivity index (χ3n) is 3.94. The van der Waals surface area contributed by atoms with Crippen LogP contribution in [0.1, 0.15) is 47.4 Å². The van der Waals surface area contributed by atoms with E-state index in [1.165, 1.54) is 22.7 Å². The molecule has 0 fully saturated rings. The lowest BCUT2D eigenvalue weighted by Gasteiger charge is -2.27. The van der Waals surface area contributed by atoms with Gasteiger partial charge in [-0.15, -0.1) is 0 Å². The van der Waals surface area contributed by atoms with E-state index >= 15 is 0 Å². The van der Waals surface area contributed by atoms with Crippen molar-refractivity contribution in [1.29, 1.82) is 0 Å². The van der Waals surface area contributed by atoms with Gasteiger partial charge in [-0.25, -0.2) is 0 Å². The fraction of sp³-hybridized carbons (Fsp3) is 0.368. The summed E-state index contributed by atoms with van der Waals surface area (Å²) in [5, 5.41) is 6.70. The van der Waals surface area contributed by atoms with Crippen molar-refractivity contribution in [2.75, 3.05) is 13.2 Å². The van der Waals surface area contributed by atoms with E-state index in [0.29, 0.717) is 11.1 Å². The lowest BCUT2D eigenvalue weighted by Crippen LogP contribution is -2.45. The molecule has 0 spiro atoms. The molecule has 0 aromatic carbocycles. The molecule has 2 aromatic rings. The van der Waals surface area contributed by atoms with Crippen molar-refractivity contribution in [3.05, 3.63) is 44.8 Å². The van der Waals surface area contributed by atoms with Crippen LogP contribution in [0.2, 0.25) is 0 Å². The lowest BCUT2D eigenvalue weighted by atomic mass is 9.76. The van der Waals surface area contributed by atoms with E-state index in [1.807, 2.05) is 0 Å². The van der Waals surface area contributed by atoms with Crippen LogP contribution in [0.15, 0.2) is 33.7 Å². The molecule has 0 amide bonds. The Morgan fingerprint density at radius 1 is 0.815 bits per heavy atom. The molecule has 6 nitrogen and oxygen atoms in total. The van der Waals surface area contributed by atoms with Gasteiger partial charge < -0.3 is 9.47 Å².